The number of nitrogens with zero attached hydrogens (tertiary/aromatic N) is 2. The molecule has 0 aliphatic carbocycles. The van der Waals surface area contributed by atoms with Gasteiger partial charge in [-0.05, 0) is 34.0 Å². The maximum Gasteiger partial charge on any atom is 0.326 e. The fourth-order valence-electron chi connectivity index (χ4n) is 2.73. The van der Waals surface area contributed by atoms with E-state index in [4.69, 9.17) is 4.74 Å². The predicted molar refractivity (Wildman–Crippen MR) is 97.9 cm³/mol. The lowest BCUT2D eigenvalue weighted by atomic mass is 9.98. The van der Waals surface area contributed by atoms with Crippen LogP contribution in [0.5, 0.6) is 0 Å². The number of benzene rings is 1. The molecule has 0 saturated heterocycles. The third-order valence-corrected chi connectivity index (χ3v) is 4.94. The smallest absolute Gasteiger partial charge is 0.326 e. The first kappa shape index (κ1) is 18.8. The van der Waals surface area contributed by atoms with Gasteiger partial charge in [-0.15, -0.1) is 0 Å². The minimum atomic E-state index is -0.798. The highest BCUT2D eigenvalue weighted by molar-refractivity contribution is 7.07. The summed E-state index contributed by atoms with van der Waals surface area (Å²) in [6.07, 6.45) is 0.0531. The summed E-state index contributed by atoms with van der Waals surface area (Å²) in [4.78, 5) is 51.0. The molecule has 1 aromatic carbocycles. The van der Waals surface area contributed by atoms with Crippen LogP contribution in [0.15, 0.2) is 41.1 Å². The molecule has 0 saturated carbocycles. The van der Waals surface area contributed by atoms with Crippen molar-refractivity contribution in [2.75, 3.05) is 20.2 Å². The molecule has 1 aromatic heterocycles. The largest absolute Gasteiger partial charge is 0.454 e. The van der Waals surface area contributed by atoms with Crippen molar-refractivity contribution in [2.24, 2.45) is 0 Å². The molecule has 0 fully saturated rings. The number of ether oxygens (including phenoxy) is 1. The average Bonchev–Trinajstić information content (AvgIpc) is 3.16. The van der Waals surface area contributed by atoms with E-state index in [-0.39, 0.29) is 12.3 Å². The normalized spacial score (nSPS) is 13.3. The van der Waals surface area contributed by atoms with Crippen LogP contribution in [0.2, 0.25) is 0 Å². The van der Waals surface area contributed by atoms with Gasteiger partial charge in [-0.2, -0.15) is 11.3 Å². The van der Waals surface area contributed by atoms with Crippen LogP contribution in [0.1, 0.15) is 21.5 Å². The number of rotatable bonds is 6. The van der Waals surface area contributed by atoms with E-state index in [9.17, 15) is 19.2 Å². The molecular formula is C19H18N2O5S. The number of esters is 1. The molecule has 8 heteroatoms. The van der Waals surface area contributed by atoms with Gasteiger partial charge in [-0.1, -0.05) is 18.2 Å². The predicted octanol–water partition coefficient (Wildman–Crippen LogP) is 1.47. The first-order valence-corrected chi connectivity index (χ1v) is 9.23. The van der Waals surface area contributed by atoms with Gasteiger partial charge >= 0.3 is 5.97 Å². The zero-order chi connectivity index (χ0) is 19.4. The highest BCUT2D eigenvalue weighted by Gasteiger charge is 2.32. The number of amides is 3. The van der Waals surface area contributed by atoms with Gasteiger partial charge in [0.2, 0.25) is 5.91 Å². The molecule has 0 N–H and O–H groups in total. The van der Waals surface area contributed by atoms with Crippen LogP contribution in [-0.4, -0.2) is 53.7 Å². The van der Waals surface area contributed by atoms with Crippen LogP contribution in [0.3, 0.4) is 0 Å². The van der Waals surface area contributed by atoms with Gasteiger partial charge in [-0.3, -0.25) is 24.1 Å². The van der Waals surface area contributed by atoms with Gasteiger partial charge in [0.15, 0.2) is 6.61 Å². The quantitative estimate of drug-likeness (QED) is 0.555. The molecule has 27 heavy (non-hydrogen) atoms. The number of imide groups is 1. The summed E-state index contributed by atoms with van der Waals surface area (Å²) in [5.74, 6) is -2.15. The standard InChI is InChI=1S/C19H18N2O5S/c1-20(9-13-6-7-27-12-13)17(23)11-26-18(24)10-21-16(22)8-14-4-2-3-5-15(14)19(21)25/h2-7,12H,8-11H2,1H3. The number of likely N-dealkylation sites (N-methyl/N-ethyl adjacent to an activating group) is 1. The first-order chi connectivity index (χ1) is 13.0. The Morgan fingerprint density at radius 3 is 2.74 bits per heavy atom. The van der Waals surface area contributed by atoms with E-state index in [2.05, 4.69) is 0 Å². The van der Waals surface area contributed by atoms with Crippen LogP contribution in [0.4, 0.5) is 0 Å². The van der Waals surface area contributed by atoms with Crippen molar-refractivity contribution in [2.45, 2.75) is 13.0 Å². The monoisotopic (exact) mass is 386 g/mol. The van der Waals surface area contributed by atoms with E-state index in [1.807, 2.05) is 16.8 Å². The molecule has 0 radical (unpaired) electrons. The summed E-state index contributed by atoms with van der Waals surface area (Å²) in [6.45, 7) is -0.528. The number of fused-ring (bicyclic) bond motifs is 1. The lowest BCUT2D eigenvalue weighted by Gasteiger charge is -2.26. The number of carbonyl (C=O) groups excluding carboxylic acids is 4. The zero-order valence-corrected chi connectivity index (χ0v) is 15.5. The second-order valence-corrected chi connectivity index (χ2v) is 6.94. The summed E-state index contributed by atoms with van der Waals surface area (Å²) in [7, 11) is 1.61. The van der Waals surface area contributed by atoms with Crippen LogP contribution in [-0.2, 0) is 32.1 Å². The lowest BCUT2D eigenvalue weighted by molar-refractivity contribution is -0.153. The topological polar surface area (TPSA) is 84.0 Å². The van der Waals surface area contributed by atoms with Crippen molar-refractivity contribution in [3.8, 4) is 0 Å². The van der Waals surface area contributed by atoms with Crippen molar-refractivity contribution in [3.63, 3.8) is 0 Å². The Morgan fingerprint density at radius 1 is 1.22 bits per heavy atom. The number of hydrogen-bond acceptors (Lipinski definition) is 6. The highest BCUT2D eigenvalue weighted by atomic mass is 32.1. The Kier molecular flexibility index (Phi) is 5.66. The molecule has 0 spiro atoms. The van der Waals surface area contributed by atoms with Gasteiger partial charge in [0.1, 0.15) is 6.54 Å². The lowest BCUT2D eigenvalue weighted by Crippen LogP contribution is -2.45. The van der Waals surface area contributed by atoms with Gasteiger partial charge in [0.25, 0.3) is 11.8 Å². The molecule has 2 heterocycles. The molecule has 1 aliphatic rings. The maximum absolute atomic E-state index is 12.4. The molecular weight excluding hydrogens is 368 g/mol. The highest BCUT2D eigenvalue weighted by Crippen LogP contribution is 2.19. The van der Waals surface area contributed by atoms with Crippen LogP contribution < -0.4 is 0 Å². The SMILES string of the molecule is CN(Cc1ccsc1)C(=O)COC(=O)CN1C(=O)Cc2ccccc2C1=O. The van der Waals surface area contributed by atoms with E-state index in [1.54, 1.807) is 31.3 Å². The van der Waals surface area contributed by atoms with Crippen molar-refractivity contribution in [1.82, 2.24) is 9.80 Å². The maximum atomic E-state index is 12.4. The third kappa shape index (κ3) is 4.40. The fraction of sp³-hybridized carbons (Fsp3) is 0.263. The summed E-state index contributed by atoms with van der Waals surface area (Å²) in [5, 5.41) is 3.85. The molecule has 0 unspecified atom stereocenters. The van der Waals surface area contributed by atoms with Gasteiger partial charge < -0.3 is 9.64 Å². The molecule has 7 nitrogen and oxygen atoms in total. The zero-order valence-electron chi connectivity index (χ0n) is 14.7. The Bertz CT molecular complexity index is 878. The van der Waals surface area contributed by atoms with Crippen molar-refractivity contribution < 1.29 is 23.9 Å². The minimum absolute atomic E-state index is 0.0531. The number of hydrogen-bond donors (Lipinski definition) is 0. The minimum Gasteiger partial charge on any atom is -0.454 e. The van der Waals surface area contributed by atoms with Gasteiger partial charge in [0.05, 0.1) is 6.42 Å². The van der Waals surface area contributed by atoms with E-state index < -0.39 is 30.9 Å². The Hall–Kier alpha value is -3.00. The van der Waals surface area contributed by atoms with Crippen molar-refractivity contribution in [1.29, 1.82) is 0 Å². The Labute approximate surface area is 160 Å². The molecule has 3 rings (SSSR count). The number of carbonyl (C=O) groups is 4. The summed E-state index contributed by atoms with van der Waals surface area (Å²) in [6, 6.07) is 8.69. The molecule has 140 valence electrons. The fourth-order valence-corrected chi connectivity index (χ4v) is 3.39. The van der Waals surface area contributed by atoms with E-state index in [1.165, 1.54) is 16.2 Å². The molecule has 1 aliphatic heterocycles. The summed E-state index contributed by atoms with van der Waals surface area (Å²) in [5.41, 5.74) is 2.03. The van der Waals surface area contributed by atoms with E-state index in [0.717, 1.165) is 10.5 Å². The molecule has 0 bridgehead atoms. The van der Waals surface area contributed by atoms with Crippen molar-refractivity contribution in [3.05, 3.63) is 57.8 Å². The second-order valence-electron chi connectivity index (χ2n) is 6.16. The Balaban J connectivity index is 1.52. The van der Waals surface area contributed by atoms with E-state index in [0.29, 0.717) is 17.7 Å². The van der Waals surface area contributed by atoms with Crippen molar-refractivity contribution >= 4 is 35.0 Å². The second kappa shape index (κ2) is 8.13. The van der Waals surface area contributed by atoms with E-state index >= 15 is 0 Å². The molecule has 0 atom stereocenters. The third-order valence-electron chi connectivity index (χ3n) is 4.21. The van der Waals surface area contributed by atoms with Crippen LogP contribution in [0, 0.1) is 0 Å². The first-order valence-electron chi connectivity index (χ1n) is 8.29. The molecule has 2 aromatic rings. The Morgan fingerprint density at radius 2 is 2.00 bits per heavy atom. The number of thiophene rings is 1. The van der Waals surface area contributed by atoms with Gasteiger partial charge in [-0.25, -0.2) is 0 Å². The summed E-state index contributed by atoms with van der Waals surface area (Å²) < 4.78 is 4.96. The summed E-state index contributed by atoms with van der Waals surface area (Å²) >= 11 is 1.53. The average molecular weight is 386 g/mol. The molecule has 3 amide bonds. The van der Waals surface area contributed by atoms with Gasteiger partial charge in [0, 0.05) is 19.2 Å². The van der Waals surface area contributed by atoms with Crippen LogP contribution in [0.25, 0.3) is 0 Å². The van der Waals surface area contributed by atoms with Crippen LogP contribution >= 0.6 is 11.3 Å².